The predicted molar refractivity (Wildman–Crippen MR) is 90.4 cm³/mol. The number of anilines is 2. The second-order valence-corrected chi connectivity index (χ2v) is 6.72. The first-order chi connectivity index (χ1) is 11.4. The molecule has 2 rings (SSSR count). The first-order valence-electron chi connectivity index (χ1n) is 6.97. The van der Waals surface area contributed by atoms with Gasteiger partial charge in [0.2, 0.25) is 0 Å². The van der Waals surface area contributed by atoms with E-state index in [1.165, 1.54) is 38.5 Å². The molecule has 0 aliphatic carbocycles. The second kappa shape index (κ2) is 7.22. The van der Waals surface area contributed by atoms with Crippen LogP contribution in [0.4, 0.5) is 11.4 Å². The normalized spacial score (nSPS) is 10.9. The molecule has 0 atom stereocenters. The van der Waals surface area contributed by atoms with Crippen LogP contribution in [0.1, 0.15) is 0 Å². The van der Waals surface area contributed by atoms with Crippen molar-refractivity contribution in [1.29, 1.82) is 0 Å². The van der Waals surface area contributed by atoms with Crippen molar-refractivity contribution in [3.63, 3.8) is 0 Å². The second-order valence-electron chi connectivity index (χ2n) is 4.85. The summed E-state index contributed by atoms with van der Waals surface area (Å²) < 4.78 is 36.4. The molecule has 0 saturated heterocycles. The Kier molecular flexibility index (Phi) is 5.30. The van der Waals surface area contributed by atoms with Gasteiger partial charge in [0.15, 0.2) is 0 Å². The predicted octanol–water partition coefficient (Wildman–Crippen LogP) is 1.65. The van der Waals surface area contributed by atoms with Crippen LogP contribution in [0.5, 0.6) is 5.75 Å². The van der Waals surface area contributed by atoms with Crippen molar-refractivity contribution in [2.24, 2.45) is 0 Å². The Balaban J connectivity index is 2.47. The van der Waals surface area contributed by atoms with Gasteiger partial charge in [-0.3, -0.25) is 9.10 Å². The van der Waals surface area contributed by atoms with Crippen LogP contribution in [0, 0.1) is 0 Å². The molecule has 0 spiro atoms. The summed E-state index contributed by atoms with van der Waals surface area (Å²) in [5.74, 6) is -0.105. The zero-order valence-electron chi connectivity index (χ0n) is 13.3. The van der Waals surface area contributed by atoms with E-state index in [0.29, 0.717) is 17.1 Å². The van der Waals surface area contributed by atoms with Crippen LogP contribution < -0.4 is 14.8 Å². The summed E-state index contributed by atoms with van der Waals surface area (Å²) in [7, 11) is -1.25. The van der Waals surface area contributed by atoms with Gasteiger partial charge in [-0.2, -0.15) is 0 Å². The highest BCUT2D eigenvalue weighted by Gasteiger charge is 2.27. The Bertz CT molecular complexity index is 801. The number of carbonyl (C=O) groups is 1. The molecule has 2 N–H and O–H groups in total. The van der Waals surface area contributed by atoms with Crippen LogP contribution in [0.25, 0.3) is 0 Å². The van der Waals surface area contributed by atoms with E-state index < -0.39 is 22.5 Å². The van der Waals surface area contributed by atoms with E-state index in [1.807, 2.05) is 0 Å². The highest BCUT2D eigenvalue weighted by atomic mass is 32.2. The third-order valence-corrected chi connectivity index (χ3v) is 5.12. The van der Waals surface area contributed by atoms with Gasteiger partial charge in [0.1, 0.15) is 12.3 Å². The molecule has 0 aliphatic rings. The maximum atomic E-state index is 12.9. The zero-order valence-corrected chi connectivity index (χ0v) is 14.1. The van der Waals surface area contributed by atoms with Crippen molar-refractivity contribution in [1.82, 2.24) is 0 Å². The minimum atomic E-state index is -3.96. The van der Waals surface area contributed by atoms with E-state index in [0.717, 1.165) is 4.31 Å². The van der Waals surface area contributed by atoms with E-state index in [9.17, 15) is 13.2 Å². The number of benzene rings is 2. The van der Waals surface area contributed by atoms with Crippen LogP contribution >= 0.6 is 0 Å². The van der Waals surface area contributed by atoms with Gasteiger partial charge in [-0.05, 0) is 48.5 Å². The maximum absolute atomic E-state index is 12.9. The number of esters is 1. The molecule has 0 saturated carbocycles. The summed E-state index contributed by atoms with van der Waals surface area (Å²) in [4.78, 5) is 11.7. The minimum Gasteiger partial charge on any atom is -0.497 e. The van der Waals surface area contributed by atoms with Gasteiger partial charge < -0.3 is 15.2 Å². The van der Waals surface area contributed by atoms with Gasteiger partial charge >= 0.3 is 5.97 Å². The molecular formula is C16H18N2O5S. The molecule has 2 aromatic rings. The number of carbonyl (C=O) groups excluding carboxylic acids is 1. The summed E-state index contributed by atoms with van der Waals surface area (Å²) in [6.07, 6.45) is 0. The van der Waals surface area contributed by atoms with E-state index >= 15 is 0 Å². The minimum absolute atomic E-state index is 0.0245. The highest BCUT2D eigenvalue weighted by molar-refractivity contribution is 7.92. The SMILES string of the molecule is COC(=O)CN(c1ccc(OC)cc1)S(=O)(=O)c1ccc(N)cc1. The summed E-state index contributed by atoms with van der Waals surface area (Å²) in [5, 5.41) is 0. The summed E-state index contributed by atoms with van der Waals surface area (Å²) in [5.41, 5.74) is 6.36. The third-order valence-electron chi connectivity index (χ3n) is 3.33. The molecule has 0 heterocycles. The number of ether oxygens (including phenoxy) is 2. The average molecular weight is 350 g/mol. The topological polar surface area (TPSA) is 98.9 Å². The fourth-order valence-electron chi connectivity index (χ4n) is 2.01. The number of methoxy groups -OCH3 is 2. The molecular weight excluding hydrogens is 332 g/mol. The Labute approximate surface area is 140 Å². The molecule has 2 aromatic carbocycles. The van der Waals surface area contributed by atoms with Crippen molar-refractivity contribution in [3.05, 3.63) is 48.5 Å². The van der Waals surface area contributed by atoms with Crippen molar-refractivity contribution < 1.29 is 22.7 Å². The molecule has 0 radical (unpaired) electrons. The first kappa shape index (κ1) is 17.6. The van der Waals surface area contributed by atoms with E-state index in [1.54, 1.807) is 24.3 Å². The lowest BCUT2D eigenvalue weighted by molar-refractivity contribution is -0.138. The number of rotatable bonds is 6. The fraction of sp³-hybridized carbons (Fsp3) is 0.188. The standard InChI is InChI=1S/C16H18N2O5S/c1-22-14-7-5-13(6-8-14)18(11-16(19)23-2)24(20,21)15-9-3-12(17)4-10-15/h3-10H,11,17H2,1-2H3. The van der Waals surface area contributed by atoms with Gasteiger partial charge in [0.25, 0.3) is 10.0 Å². The number of hydrogen-bond donors (Lipinski definition) is 1. The largest absolute Gasteiger partial charge is 0.497 e. The van der Waals surface area contributed by atoms with Crippen molar-refractivity contribution in [2.75, 3.05) is 30.8 Å². The van der Waals surface area contributed by atoms with Gasteiger partial charge in [0.05, 0.1) is 24.8 Å². The lowest BCUT2D eigenvalue weighted by Crippen LogP contribution is -2.36. The van der Waals surface area contributed by atoms with Crippen molar-refractivity contribution in [3.8, 4) is 5.75 Å². The van der Waals surface area contributed by atoms with Crippen LogP contribution in [0.2, 0.25) is 0 Å². The molecule has 0 bridgehead atoms. The summed E-state index contributed by atoms with van der Waals surface area (Å²) in [6, 6.07) is 12.1. The van der Waals surface area contributed by atoms with Crippen LogP contribution in [0.3, 0.4) is 0 Å². The molecule has 0 unspecified atom stereocenters. The lowest BCUT2D eigenvalue weighted by Gasteiger charge is -2.23. The monoisotopic (exact) mass is 350 g/mol. The lowest BCUT2D eigenvalue weighted by atomic mass is 10.3. The summed E-state index contributed by atoms with van der Waals surface area (Å²) in [6.45, 7) is -0.449. The Morgan fingerprint density at radius 3 is 2.12 bits per heavy atom. The number of hydrogen-bond acceptors (Lipinski definition) is 6. The molecule has 0 amide bonds. The number of nitrogens with two attached hydrogens (primary N) is 1. The van der Waals surface area contributed by atoms with Gasteiger partial charge in [-0.1, -0.05) is 0 Å². The maximum Gasteiger partial charge on any atom is 0.326 e. The fourth-order valence-corrected chi connectivity index (χ4v) is 3.42. The average Bonchev–Trinajstić information content (AvgIpc) is 2.59. The Hall–Kier alpha value is -2.74. The van der Waals surface area contributed by atoms with E-state index in [2.05, 4.69) is 4.74 Å². The number of sulfonamides is 1. The zero-order chi connectivity index (χ0) is 17.7. The first-order valence-corrected chi connectivity index (χ1v) is 8.41. The molecule has 24 heavy (non-hydrogen) atoms. The molecule has 0 aliphatic heterocycles. The van der Waals surface area contributed by atoms with Gasteiger partial charge in [-0.15, -0.1) is 0 Å². The quantitative estimate of drug-likeness (QED) is 0.628. The Morgan fingerprint density at radius 2 is 1.62 bits per heavy atom. The summed E-state index contributed by atoms with van der Waals surface area (Å²) >= 11 is 0. The Morgan fingerprint density at radius 1 is 1.04 bits per heavy atom. The molecule has 0 fully saturated rings. The van der Waals surface area contributed by atoms with Crippen LogP contribution in [-0.4, -0.2) is 35.2 Å². The van der Waals surface area contributed by atoms with Gasteiger partial charge in [-0.25, -0.2) is 8.42 Å². The van der Waals surface area contributed by atoms with Gasteiger partial charge in [0, 0.05) is 5.69 Å². The highest BCUT2D eigenvalue weighted by Crippen LogP contribution is 2.26. The van der Waals surface area contributed by atoms with Crippen molar-refractivity contribution in [2.45, 2.75) is 4.90 Å². The number of nitrogen functional groups attached to an aromatic ring is 1. The molecule has 7 nitrogen and oxygen atoms in total. The van der Waals surface area contributed by atoms with Crippen LogP contribution in [-0.2, 0) is 19.6 Å². The molecule has 0 aromatic heterocycles. The molecule has 8 heteroatoms. The van der Waals surface area contributed by atoms with Crippen LogP contribution in [0.15, 0.2) is 53.4 Å². The third kappa shape index (κ3) is 3.77. The van der Waals surface area contributed by atoms with E-state index in [4.69, 9.17) is 10.5 Å². The van der Waals surface area contributed by atoms with Crippen molar-refractivity contribution >= 4 is 27.4 Å². The van der Waals surface area contributed by atoms with E-state index in [-0.39, 0.29) is 4.90 Å². The smallest absolute Gasteiger partial charge is 0.326 e. The molecule has 128 valence electrons. The number of nitrogens with zero attached hydrogens (tertiary/aromatic N) is 1.